The quantitative estimate of drug-likeness (QED) is 0.523. The van der Waals surface area contributed by atoms with E-state index >= 15 is 0 Å². The summed E-state index contributed by atoms with van der Waals surface area (Å²) in [4.78, 5) is 0. The Morgan fingerprint density at radius 3 is 2.67 bits per heavy atom. The third kappa shape index (κ3) is 2.49. The Bertz CT molecular complexity index is 252. The van der Waals surface area contributed by atoms with Crippen LogP contribution in [0.4, 0.5) is 0 Å². The van der Waals surface area contributed by atoms with Gasteiger partial charge in [-0.3, -0.25) is 11.3 Å². The molecule has 0 aliphatic carbocycles. The van der Waals surface area contributed by atoms with Crippen LogP contribution in [-0.2, 0) is 0 Å². The number of nitrogens with two attached hydrogens (primary N) is 1. The molecule has 0 amide bonds. The predicted octanol–water partition coefficient (Wildman–Crippen LogP) is 1.55. The number of rotatable bonds is 3. The molecule has 2 heteroatoms. The highest BCUT2D eigenvalue weighted by molar-refractivity contribution is 5.63. The Labute approximate surface area is 73.1 Å². The summed E-state index contributed by atoms with van der Waals surface area (Å²) in [6.07, 6.45) is 2.06. The van der Waals surface area contributed by atoms with Crippen molar-refractivity contribution in [1.82, 2.24) is 5.43 Å². The summed E-state index contributed by atoms with van der Waals surface area (Å²) >= 11 is 0. The van der Waals surface area contributed by atoms with Crippen LogP contribution in [0.2, 0.25) is 0 Å². The van der Waals surface area contributed by atoms with E-state index in [2.05, 4.69) is 30.6 Å². The Morgan fingerprint density at radius 2 is 2.08 bits per heavy atom. The van der Waals surface area contributed by atoms with Gasteiger partial charge in [0.2, 0.25) is 0 Å². The van der Waals surface area contributed by atoms with E-state index in [9.17, 15) is 0 Å². The number of allylic oxidation sites excluding steroid dienone is 1. The zero-order valence-corrected chi connectivity index (χ0v) is 7.25. The Balaban J connectivity index is 2.71. The normalized spacial score (nSPS) is 11.7. The van der Waals surface area contributed by atoms with E-state index in [1.165, 1.54) is 11.1 Å². The molecule has 3 N–H and O–H groups in total. The molecule has 0 fully saturated rings. The van der Waals surface area contributed by atoms with Crippen molar-refractivity contribution in [1.29, 1.82) is 0 Å². The van der Waals surface area contributed by atoms with Crippen molar-refractivity contribution in [3.63, 3.8) is 0 Å². The SMILES string of the molecule is C/C(=C\CNN)c1ccccc1. The molecule has 64 valence electrons. The molecule has 0 heterocycles. The predicted molar refractivity (Wildman–Crippen MR) is 52.3 cm³/mol. The van der Waals surface area contributed by atoms with E-state index < -0.39 is 0 Å². The van der Waals surface area contributed by atoms with E-state index in [4.69, 9.17) is 5.84 Å². The van der Waals surface area contributed by atoms with Gasteiger partial charge in [0, 0.05) is 6.54 Å². The Kier molecular flexibility index (Phi) is 3.51. The standard InChI is InChI=1S/C10H14N2/c1-9(7-8-12-11)10-5-3-2-4-6-10/h2-7,12H,8,11H2,1H3/b9-7+. The number of hydrazine groups is 1. The minimum atomic E-state index is 0.709. The minimum absolute atomic E-state index is 0.709. The second-order valence-corrected chi connectivity index (χ2v) is 2.66. The third-order valence-electron chi connectivity index (χ3n) is 1.76. The lowest BCUT2D eigenvalue weighted by Crippen LogP contribution is -2.21. The topological polar surface area (TPSA) is 38.0 Å². The van der Waals surface area contributed by atoms with Gasteiger partial charge in [0.05, 0.1) is 0 Å². The van der Waals surface area contributed by atoms with Crippen LogP contribution in [0.3, 0.4) is 0 Å². The molecule has 0 spiro atoms. The van der Waals surface area contributed by atoms with E-state index in [-0.39, 0.29) is 0 Å². The highest BCUT2D eigenvalue weighted by Crippen LogP contribution is 2.11. The molecule has 0 saturated heterocycles. The monoisotopic (exact) mass is 162 g/mol. The first-order chi connectivity index (χ1) is 5.84. The van der Waals surface area contributed by atoms with E-state index in [0.29, 0.717) is 6.54 Å². The van der Waals surface area contributed by atoms with E-state index in [1.54, 1.807) is 0 Å². The first-order valence-corrected chi connectivity index (χ1v) is 4.00. The van der Waals surface area contributed by atoms with E-state index in [1.807, 2.05) is 18.2 Å². The average Bonchev–Trinajstić information content (AvgIpc) is 2.15. The Hall–Kier alpha value is -1.12. The summed E-state index contributed by atoms with van der Waals surface area (Å²) < 4.78 is 0. The summed E-state index contributed by atoms with van der Waals surface area (Å²) in [5, 5.41) is 0. The molecular weight excluding hydrogens is 148 g/mol. The molecule has 1 rings (SSSR count). The molecule has 0 aromatic heterocycles. The minimum Gasteiger partial charge on any atom is -0.271 e. The second-order valence-electron chi connectivity index (χ2n) is 2.66. The van der Waals surface area contributed by atoms with Gasteiger partial charge in [-0.25, -0.2) is 0 Å². The van der Waals surface area contributed by atoms with Crippen LogP contribution in [0.1, 0.15) is 12.5 Å². The summed E-state index contributed by atoms with van der Waals surface area (Å²) in [6, 6.07) is 10.2. The lowest BCUT2D eigenvalue weighted by atomic mass is 10.1. The number of benzene rings is 1. The highest BCUT2D eigenvalue weighted by Gasteiger charge is 1.91. The average molecular weight is 162 g/mol. The highest BCUT2D eigenvalue weighted by atomic mass is 15.2. The molecule has 0 radical (unpaired) electrons. The zero-order valence-electron chi connectivity index (χ0n) is 7.25. The van der Waals surface area contributed by atoms with E-state index in [0.717, 1.165) is 0 Å². The summed E-state index contributed by atoms with van der Waals surface area (Å²) in [7, 11) is 0. The summed E-state index contributed by atoms with van der Waals surface area (Å²) in [5.41, 5.74) is 5.08. The molecular formula is C10H14N2. The van der Waals surface area contributed by atoms with Crippen LogP contribution in [0, 0.1) is 0 Å². The number of hydrogen-bond donors (Lipinski definition) is 2. The number of nitrogens with one attached hydrogen (secondary N) is 1. The Morgan fingerprint density at radius 1 is 1.42 bits per heavy atom. The van der Waals surface area contributed by atoms with Gasteiger partial charge in [0.1, 0.15) is 0 Å². The van der Waals surface area contributed by atoms with Crippen LogP contribution in [0.25, 0.3) is 5.57 Å². The van der Waals surface area contributed by atoms with Gasteiger partial charge in [-0.1, -0.05) is 36.4 Å². The maximum absolute atomic E-state index is 5.16. The van der Waals surface area contributed by atoms with Crippen molar-refractivity contribution in [3.8, 4) is 0 Å². The maximum Gasteiger partial charge on any atom is 0.0284 e. The zero-order chi connectivity index (χ0) is 8.81. The molecule has 12 heavy (non-hydrogen) atoms. The molecule has 0 atom stereocenters. The molecule has 1 aromatic rings. The van der Waals surface area contributed by atoms with Crippen LogP contribution in [0.15, 0.2) is 36.4 Å². The third-order valence-corrected chi connectivity index (χ3v) is 1.76. The molecule has 0 saturated carbocycles. The molecule has 2 nitrogen and oxygen atoms in total. The fraction of sp³-hybridized carbons (Fsp3) is 0.200. The van der Waals surface area contributed by atoms with Crippen molar-refractivity contribution >= 4 is 5.57 Å². The van der Waals surface area contributed by atoms with Gasteiger partial charge < -0.3 is 0 Å². The van der Waals surface area contributed by atoms with Gasteiger partial charge >= 0.3 is 0 Å². The fourth-order valence-electron chi connectivity index (χ4n) is 1.03. The van der Waals surface area contributed by atoms with Crippen LogP contribution >= 0.6 is 0 Å². The molecule has 0 aliphatic rings. The second kappa shape index (κ2) is 4.70. The molecule has 0 unspecified atom stereocenters. The fourth-order valence-corrected chi connectivity index (χ4v) is 1.03. The van der Waals surface area contributed by atoms with Crippen LogP contribution < -0.4 is 11.3 Å². The lowest BCUT2D eigenvalue weighted by Gasteiger charge is -2.00. The molecule has 1 aromatic carbocycles. The van der Waals surface area contributed by atoms with Gasteiger partial charge in [0.25, 0.3) is 0 Å². The first kappa shape index (κ1) is 8.97. The largest absolute Gasteiger partial charge is 0.271 e. The lowest BCUT2D eigenvalue weighted by molar-refractivity contribution is 0.824. The first-order valence-electron chi connectivity index (χ1n) is 4.00. The molecule has 0 bridgehead atoms. The van der Waals surface area contributed by atoms with Gasteiger partial charge in [-0.05, 0) is 18.1 Å². The van der Waals surface area contributed by atoms with Gasteiger partial charge in [0.15, 0.2) is 0 Å². The van der Waals surface area contributed by atoms with Crippen molar-refractivity contribution < 1.29 is 0 Å². The van der Waals surface area contributed by atoms with Crippen LogP contribution in [0.5, 0.6) is 0 Å². The van der Waals surface area contributed by atoms with Gasteiger partial charge in [-0.15, -0.1) is 0 Å². The van der Waals surface area contributed by atoms with Crippen molar-refractivity contribution in [2.75, 3.05) is 6.54 Å². The van der Waals surface area contributed by atoms with Crippen molar-refractivity contribution in [2.45, 2.75) is 6.92 Å². The van der Waals surface area contributed by atoms with Crippen molar-refractivity contribution in [2.24, 2.45) is 5.84 Å². The van der Waals surface area contributed by atoms with Crippen LogP contribution in [-0.4, -0.2) is 6.54 Å². The smallest absolute Gasteiger partial charge is 0.0284 e. The maximum atomic E-state index is 5.16. The summed E-state index contributed by atoms with van der Waals surface area (Å²) in [6.45, 7) is 2.79. The summed E-state index contributed by atoms with van der Waals surface area (Å²) in [5.74, 6) is 5.16. The number of hydrogen-bond acceptors (Lipinski definition) is 2. The van der Waals surface area contributed by atoms with Gasteiger partial charge in [-0.2, -0.15) is 0 Å². The molecule has 0 aliphatic heterocycles. The van der Waals surface area contributed by atoms with Crippen molar-refractivity contribution in [3.05, 3.63) is 42.0 Å².